The van der Waals surface area contributed by atoms with Crippen LogP contribution in [-0.4, -0.2) is 18.1 Å². The minimum Gasteiger partial charge on any atom is -0.375 e. The van der Waals surface area contributed by atoms with Gasteiger partial charge in [-0.3, -0.25) is 0 Å². The van der Waals surface area contributed by atoms with Crippen molar-refractivity contribution in [3.63, 3.8) is 0 Å². The Labute approximate surface area is 95.9 Å². The van der Waals surface area contributed by atoms with E-state index in [1.165, 1.54) is 4.88 Å². The fourth-order valence-electron chi connectivity index (χ4n) is 1.52. The predicted molar refractivity (Wildman–Crippen MR) is 64.3 cm³/mol. The van der Waals surface area contributed by atoms with Gasteiger partial charge < -0.3 is 10.1 Å². The van der Waals surface area contributed by atoms with Crippen LogP contribution in [0.25, 0.3) is 0 Å². The largest absolute Gasteiger partial charge is 0.375 e. The highest BCUT2D eigenvalue weighted by Crippen LogP contribution is 2.25. The van der Waals surface area contributed by atoms with E-state index >= 15 is 0 Å². The second-order valence-corrected chi connectivity index (χ2v) is 4.59. The molecule has 86 valence electrons. The predicted octanol–water partition coefficient (Wildman–Crippen LogP) is 2.66. The SMILES string of the molecule is CCNC(C)c1sc(COCC)nc1C. The Hall–Kier alpha value is -0.450. The molecule has 1 unspecified atom stereocenters. The van der Waals surface area contributed by atoms with Gasteiger partial charge in [-0.2, -0.15) is 0 Å². The van der Waals surface area contributed by atoms with Gasteiger partial charge in [-0.1, -0.05) is 6.92 Å². The van der Waals surface area contributed by atoms with Crippen molar-refractivity contribution >= 4 is 11.3 Å². The molecule has 0 spiro atoms. The topological polar surface area (TPSA) is 34.1 Å². The van der Waals surface area contributed by atoms with Crippen LogP contribution in [0.15, 0.2) is 0 Å². The molecule has 0 aliphatic carbocycles. The minimum atomic E-state index is 0.392. The van der Waals surface area contributed by atoms with E-state index in [9.17, 15) is 0 Å². The van der Waals surface area contributed by atoms with E-state index in [0.717, 1.165) is 23.9 Å². The lowest BCUT2D eigenvalue weighted by Crippen LogP contribution is -2.17. The molecule has 4 heteroatoms. The van der Waals surface area contributed by atoms with Crippen LogP contribution in [0.3, 0.4) is 0 Å². The molecule has 0 aliphatic rings. The summed E-state index contributed by atoms with van der Waals surface area (Å²) in [4.78, 5) is 5.83. The molecule has 1 atom stereocenters. The Morgan fingerprint density at radius 2 is 2.20 bits per heavy atom. The number of ether oxygens (including phenoxy) is 1. The van der Waals surface area contributed by atoms with Crippen molar-refractivity contribution in [3.05, 3.63) is 15.6 Å². The molecule has 1 aromatic rings. The quantitative estimate of drug-likeness (QED) is 0.813. The lowest BCUT2D eigenvalue weighted by Gasteiger charge is -2.09. The number of rotatable bonds is 6. The van der Waals surface area contributed by atoms with Gasteiger partial charge in [0.1, 0.15) is 5.01 Å². The zero-order valence-electron chi connectivity index (χ0n) is 9.96. The highest BCUT2D eigenvalue weighted by Gasteiger charge is 2.12. The van der Waals surface area contributed by atoms with Crippen molar-refractivity contribution in [2.24, 2.45) is 0 Å². The number of hydrogen-bond acceptors (Lipinski definition) is 4. The molecule has 0 saturated heterocycles. The van der Waals surface area contributed by atoms with Crippen molar-refractivity contribution in [1.29, 1.82) is 0 Å². The third-order valence-electron chi connectivity index (χ3n) is 2.21. The third-order valence-corrected chi connectivity index (χ3v) is 3.52. The van der Waals surface area contributed by atoms with Crippen molar-refractivity contribution in [3.8, 4) is 0 Å². The smallest absolute Gasteiger partial charge is 0.119 e. The van der Waals surface area contributed by atoms with Gasteiger partial charge in [0.15, 0.2) is 0 Å². The van der Waals surface area contributed by atoms with Gasteiger partial charge in [-0.25, -0.2) is 4.98 Å². The summed E-state index contributed by atoms with van der Waals surface area (Å²) in [7, 11) is 0. The van der Waals surface area contributed by atoms with Crippen LogP contribution in [0.1, 0.15) is 42.4 Å². The summed E-state index contributed by atoms with van der Waals surface area (Å²) in [5.74, 6) is 0. The molecule has 0 bridgehead atoms. The Balaban J connectivity index is 2.67. The van der Waals surface area contributed by atoms with E-state index in [2.05, 4.69) is 31.1 Å². The Morgan fingerprint density at radius 3 is 2.80 bits per heavy atom. The third kappa shape index (κ3) is 3.55. The molecule has 1 aromatic heterocycles. The van der Waals surface area contributed by atoms with Crippen LogP contribution in [0.5, 0.6) is 0 Å². The van der Waals surface area contributed by atoms with Gasteiger partial charge in [-0.15, -0.1) is 11.3 Å². The van der Waals surface area contributed by atoms with Crippen molar-refractivity contribution in [2.75, 3.05) is 13.2 Å². The molecule has 1 rings (SSSR count). The van der Waals surface area contributed by atoms with Gasteiger partial charge in [0.2, 0.25) is 0 Å². The molecule has 0 saturated carbocycles. The number of thiazole rings is 1. The first-order valence-corrected chi connectivity index (χ1v) is 6.28. The van der Waals surface area contributed by atoms with E-state index in [0.29, 0.717) is 12.6 Å². The van der Waals surface area contributed by atoms with Crippen LogP contribution in [0.2, 0.25) is 0 Å². The summed E-state index contributed by atoms with van der Waals surface area (Å²) in [6.45, 7) is 10.7. The van der Waals surface area contributed by atoms with E-state index in [4.69, 9.17) is 4.74 Å². The minimum absolute atomic E-state index is 0.392. The first-order valence-electron chi connectivity index (χ1n) is 5.46. The lowest BCUT2D eigenvalue weighted by molar-refractivity contribution is 0.134. The number of aromatic nitrogens is 1. The summed E-state index contributed by atoms with van der Waals surface area (Å²) >= 11 is 1.75. The van der Waals surface area contributed by atoms with Crippen LogP contribution in [0, 0.1) is 6.92 Å². The molecule has 1 heterocycles. The van der Waals surface area contributed by atoms with Crippen LogP contribution >= 0.6 is 11.3 Å². The number of hydrogen-bond donors (Lipinski definition) is 1. The molecular formula is C11H20N2OS. The van der Waals surface area contributed by atoms with E-state index in [1.807, 2.05) is 6.92 Å². The summed E-state index contributed by atoms with van der Waals surface area (Å²) < 4.78 is 5.36. The van der Waals surface area contributed by atoms with E-state index < -0.39 is 0 Å². The number of nitrogens with zero attached hydrogens (tertiary/aromatic N) is 1. The number of aryl methyl sites for hydroxylation is 1. The molecule has 0 radical (unpaired) electrons. The summed E-state index contributed by atoms with van der Waals surface area (Å²) in [5, 5.41) is 4.48. The molecule has 0 aromatic carbocycles. The van der Waals surface area contributed by atoms with E-state index in [-0.39, 0.29) is 0 Å². The molecule has 15 heavy (non-hydrogen) atoms. The maximum Gasteiger partial charge on any atom is 0.119 e. The molecule has 1 N–H and O–H groups in total. The summed E-state index contributed by atoms with van der Waals surface area (Å²) in [6, 6.07) is 0.392. The number of nitrogens with one attached hydrogen (secondary N) is 1. The average Bonchev–Trinajstić information content (AvgIpc) is 2.57. The lowest BCUT2D eigenvalue weighted by atomic mass is 10.2. The van der Waals surface area contributed by atoms with Crippen molar-refractivity contribution in [1.82, 2.24) is 10.3 Å². The van der Waals surface area contributed by atoms with Crippen LogP contribution < -0.4 is 5.32 Å². The molecule has 0 fully saturated rings. The first-order chi connectivity index (χ1) is 7.19. The van der Waals surface area contributed by atoms with Crippen molar-refractivity contribution < 1.29 is 4.74 Å². The van der Waals surface area contributed by atoms with E-state index in [1.54, 1.807) is 11.3 Å². The van der Waals surface area contributed by atoms with Gasteiger partial charge in [0.05, 0.1) is 12.3 Å². The van der Waals surface area contributed by atoms with Crippen LogP contribution in [0.4, 0.5) is 0 Å². The second-order valence-electron chi connectivity index (χ2n) is 3.47. The summed E-state index contributed by atoms with van der Waals surface area (Å²) in [5.41, 5.74) is 1.13. The fraction of sp³-hybridized carbons (Fsp3) is 0.727. The maximum absolute atomic E-state index is 5.36. The first kappa shape index (κ1) is 12.6. The molecule has 0 aliphatic heterocycles. The van der Waals surface area contributed by atoms with Gasteiger partial charge in [0.25, 0.3) is 0 Å². The Morgan fingerprint density at radius 1 is 1.47 bits per heavy atom. The molecular weight excluding hydrogens is 208 g/mol. The van der Waals surface area contributed by atoms with Gasteiger partial charge >= 0.3 is 0 Å². The zero-order chi connectivity index (χ0) is 11.3. The summed E-state index contributed by atoms with van der Waals surface area (Å²) in [6.07, 6.45) is 0. The van der Waals surface area contributed by atoms with Gasteiger partial charge in [-0.05, 0) is 27.3 Å². The average molecular weight is 228 g/mol. The second kappa shape index (κ2) is 6.20. The standard InChI is InChI=1S/C11H20N2OS/c1-5-12-8(3)11-9(4)13-10(15-11)7-14-6-2/h8,12H,5-7H2,1-4H3. The highest BCUT2D eigenvalue weighted by molar-refractivity contribution is 7.11. The van der Waals surface area contributed by atoms with Crippen molar-refractivity contribution in [2.45, 2.75) is 40.3 Å². The monoisotopic (exact) mass is 228 g/mol. The maximum atomic E-state index is 5.36. The molecule has 3 nitrogen and oxygen atoms in total. The fourth-order valence-corrected chi connectivity index (χ4v) is 2.55. The Bertz CT molecular complexity index is 299. The van der Waals surface area contributed by atoms with Gasteiger partial charge in [0, 0.05) is 17.5 Å². The molecule has 0 amide bonds. The van der Waals surface area contributed by atoms with Crippen LogP contribution in [-0.2, 0) is 11.3 Å². The normalized spacial score (nSPS) is 13.1. The highest BCUT2D eigenvalue weighted by atomic mass is 32.1. The zero-order valence-corrected chi connectivity index (χ0v) is 10.8. The Kier molecular flexibility index (Phi) is 5.22.